The molecule has 0 heterocycles. The van der Waals surface area contributed by atoms with Crippen molar-refractivity contribution in [3.63, 3.8) is 0 Å². The van der Waals surface area contributed by atoms with Crippen molar-refractivity contribution in [2.75, 3.05) is 0 Å². The van der Waals surface area contributed by atoms with E-state index in [1.807, 2.05) is 26.0 Å². The number of ether oxygens (including phenoxy) is 1. The third kappa shape index (κ3) is 3.53. The van der Waals surface area contributed by atoms with Crippen LogP contribution in [0.5, 0.6) is 5.75 Å². The van der Waals surface area contributed by atoms with Crippen LogP contribution in [-0.4, -0.2) is 12.1 Å². The topological polar surface area (TPSA) is 35.2 Å². The first-order valence-electron chi connectivity index (χ1n) is 5.83. The van der Waals surface area contributed by atoms with Crippen LogP contribution in [0, 0.1) is 0 Å². The Kier molecular flexibility index (Phi) is 3.98. The summed E-state index contributed by atoms with van der Waals surface area (Å²) in [6.07, 6.45) is 0.0372. The lowest BCUT2D eigenvalue weighted by Gasteiger charge is -2.22. The zero-order valence-corrected chi connectivity index (χ0v) is 10.9. The maximum Gasteiger partial charge on any atom is 0.120 e. The van der Waals surface area contributed by atoms with Gasteiger partial charge in [0, 0.05) is 6.04 Å². The van der Waals surface area contributed by atoms with Crippen LogP contribution in [0.4, 0.5) is 0 Å². The Morgan fingerprint density at radius 3 is 2.31 bits per heavy atom. The maximum absolute atomic E-state index is 5.79. The number of rotatable bonds is 3. The predicted molar refractivity (Wildman–Crippen MR) is 68.9 cm³/mol. The van der Waals surface area contributed by atoms with Crippen molar-refractivity contribution in [2.45, 2.75) is 52.2 Å². The molecule has 0 saturated carbocycles. The minimum absolute atomic E-state index is 0.0372. The first-order valence-corrected chi connectivity index (χ1v) is 5.83. The molecule has 0 amide bonds. The Morgan fingerprint density at radius 2 is 1.81 bits per heavy atom. The van der Waals surface area contributed by atoms with E-state index in [0.717, 1.165) is 5.75 Å². The number of nitrogens with two attached hydrogens (primary N) is 1. The molecular formula is C14H23NO. The second-order valence-electron chi connectivity index (χ2n) is 5.46. The molecule has 1 aromatic carbocycles. The van der Waals surface area contributed by atoms with Gasteiger partial charge in [0.15, 0.2) is 0 Å². The van der Waals surface area contributed by atoms with Crippen LogP contribution in [-0.2, 0) is 5.41 Å². The van der Waals surface area contributed by atoms with Gasteiger partial charge in [-0.1, -0.05) is 32.9 Å². The van der Waals surface area contributed by atoms with Crippen molar-refractivity contribution >= 4 is 0 Å². The summed E-state index contributed by atoms with van der Waals surface area (Å²) in [6, 6.07) is 8.28. The summed E-state index contributed by atoms with van der Waals surface area (Å²) in [4.78, 5) is 0. The van der Waals surface area contributed by atoms with Gasteiger partial charge in [-0.2, -0.15) is 0 Å². The van der Waals surface area contributed by atoms with Crippen LogP contribution in [0.1, 0.15) is 40.2 Å². The highest BCUT2D eigenvalue weighted by Crippen LogP contribution is 2.26. The van der Waals surface area contributed by atoms with Crippen molar-refractivity contribution in [2.24, 2.45) is 5.73 Å². The lowest BCUT2D eigenvalue weighted by atomic mass is 9.87. The Morgan fingerprint density at radius 1 is 1.19 bits per heavy atom. The van der Waals surface area contributed by atoms with E-state index in [4.69, 9.17) is 10.5 Å². The highest BCUT2D eigenvalue weighted by Gasteiger charge is 2.15. The number of benzene rings is 1. The molecule has 2 heteroatoms. The first kappa shape index (κ1) is 13.0. The van der Waals surface area contributed by atoms with Gasteiger partial charge in [-0.25, -0.2) is 0 Å². The second-order valence-corrected chi connectivity index (χ2v) is 5.46. The fourth-order valence-electron chi connectivity index (χ4n) is 1.36. The van der Waals surface area contributed by atoms with Gasteiger partial charge in [-0.05, 0) is 37.0 Å². The molecule has 0 bridgehead atoms. The van der Waals surface area contributed by atoms with E-state index in [2.05, 4.69) is 32.9 Å². The van der Waals surface area contributed by atoms with E-state index in [1.54, 1.807) is 0 Å². The van der Waals surface area contributed by atoms with E-state index in [0.29, 0.717) is 0 Å². The SMILES string of the molecule is CC(Oc1cccc(C(C)(C)C)c1)[C@@H](C)N. The van der Waals surface area contributed by atoms with E-state index in [9.17, 15) is 0 Å². The predicted octanol–water partition coefficient (Wildman–Crippen LogP) is 3.10. The van der Waals surface area contributed by atoms with Crippen LogP contribution in [0.25, 0.3) is 0 Å². The van der Waals surface area contributed by atoms with Gasteiger partial charge in [0.2, 0.25) is 0 Å². The van der Waals surface area contributed by atoms with E-state index < -0.39 is 0 Å². The molecule has 0 spiro atoms. The summed E-state index contributed by atoms with van der Waals surface area (Å²) < 4.78 is 5.79. The van der Waals surface area contributed by atoms with Gasteiger partial charge >= 0.3 is 0 Å². The number of hydrogen-bond acceptors (Lipinski definition) is 2. The van der Waals surface area contributed by atoms with Gasteiger partial charge in [0.1, 0.15) is 11.9 Å². The summed E-state index contributed by atoms with van der Waals surface area (Å²) in [7, 11) is 0. The van der Waals surface area contributed by atoms with Gasteiger partial charge in [-0.3, -0.25) is 0 Å². The summed E-state index contributed by atoms with van der Waals surface area (Å²) in [5.41, 5.74) is 7.21. The third-order valence-corrected chi connectivity index (χ3v) is 2.76. The van der Waals surface area contributed by atoms with Crippen LogP contribution in [0.2, 0.25) is 0 Å². The molecule has 0 saturated heterocycles. The molecule has 0 aliphatic rings. The molecule has 16 heavy (non-hydrogen) atoms. The minimum atomic E-state index is 0.0372. The highest BCUT2D eigenvalue weighted by molar-refractivity contribution is 5.32. The smallest absolute Gasteiger partial charge is 0.120 e. The molecule has 1 unspecified atom stereocenters. The highest BCUT2D eigenvalue weighted by atomic mass is 16.5. The average molecular weight is 221 g/mol. The lowest BCUT2D eigenvalue weighted by Crippen LogP contribution is -2.33. The van der Waals surface area contributed by atoms with E-state index >= 15 is 0 Å². The van der Waals surface area contributed by atoms with Crippen molar-refractivity contribution in [1.82, 2.24) is 0 Å². The van der Waals surface area contributed by atoms with Crippen LogP contribution < -0.4 is 10.5 Å². The van der Waals surface area contributed by atoms with Crippen LogP contribution in [0.15, 0.2) is 24.3 Å². The molecule has 2 atom stereocenters. The summed E-state index contributed by atoms with van der Waals surface area (Å²) in [5.74, 6) is 0.900. The standard InChI is InChI=1S/C14H23NO/c1-10(15)11(2)16-13-8-6-7-12(9-13)14(3,4)5/h6-11H,15H2,1-5H3/t10-,11?/m1/s1. The molecular weight excluding hydrogens is 198 g/mol. The fourth-order valence-corrected chi connectivity index (χ4v) is 1.36. The normalized spacial score (nSPS) is 15.6. The summed E-state index contributed by atoms with van der Waals surface area (Å²) in [6.45, 7) is 10.5. The van der Waals surface area contributed by atoms with Crippen molar-refractivity contribution in [3.8, 4) is 5.75 Å². The first-order chi connectivity index (χ1) is 7.30. The average Bonchev–Trinajstić information content (AvgIpc) is 2.16. The molecule has 0 radical (unpaired) electrons. The van der Waals surface area contributed by atoms with E-state index in [-0.39, 0.29) is 17.6 Å². The van der Waals surface area contributed by atoms with Crippen LogP contribution >= 0.6 is 0 Å². The molecule has 90 valence electrons. The Bertz CT molecular complexity index is 339. The van der Waals surface area contributed by atoms with Crippen molar-refractivity contribution in [1.29, 1.82) is 0 Å². The molecule has 0 aliphatic heterocycles. The zero-order valence-electron chi connectivity index (χ0n) is 10.9. The maximum atomic E-state index is 5.79. The van der Waals surface area contributed by atoms with E-state index in [1.165, 1.54) is 5.56 Å². The van der Waals surface area contributed by atoms with Gasteiger partial charge in [0.25, 0.3) is 0 Å². The fraction of sp³-hybridized carbons (Fsp3) is 0.571. The Labute approximate surface area is 98.8 Å². The monoisotopic (exact) mass is 221 g/mol. The molecule has 0 aliphatic carbocycles. The Balaban J connectivity index is 2.83. The molecule has 1 aromatic rings. The summed E-state index contributed by atoms with van der Waals surface area (Å²) >= 11 is 0. The number of hydrogen-bond donors (Lipinski definition) is 1. The summed E-state index contributed by atoms with van der Waals surface area (Å²) in [5, 5.41) is 0. The lowest BCUT2D eigenvalue weighted by molar-refractivity contribution is 0.196. The second kappa shape index (κ2) is 4.88. The van der Waals surface area contributed by atoms with Gasteiger partial charge in [0.05, 0.1) is 0 Å². The third-order valence-electron chi connectivity index (χ3n) is 2.76. The minimum Gasteiger partial charge on any atom is -0.489 e. The molecule has 1 rings (SSSR count). The van der Waals surface area contributed by atoms with Gasteiger partial charge < -0.3 is 10.5 Å². The van der Waals surface area contributed by atoms with Crippen molar-refractivity contribution in [3.05, 3.63) is 29.8 Å². The molecule has 2 N–H and O–H groups in total. The molecule has 0 aromatic heterocycles. The zero-order chi connectivity index (χ0) is 12.3. The Hall–Kier alpha value is -1.02. The van der Waals surface area contributed by atoms with Crippen molar-refractivity contribution < 1.29 is 4.74 Å². The van der Waals surface area contributed by atoms with Crippen LogP contribution in [0.3, 0.4) is 0 Å². The molecule has 0 fully saturated rings. The molecule has 2 nitrogen and oxygen atoms in total. The quantitative estimate of drug-likeness (QED) is 0.851. The van der Waals surface area contributed by atoms with Gasteiger partial charge in [-0.15, -0.1) is 0 Å². The largest absolute Gasteiger partial charge is 0.489 e.